The Labute approximate surface area is 119 Å². The zero-order valence-corrected chi connectivity index (χ0v) is 12.2. The van der Waals surface area contributed by atoms with Gasteiger partial charge in [-0.1, -0.05) is 0 Å². The lowest BCUT2D eigenvalue weighted by molar-refractivity contribution is -0.529. The molecule has 0 saturated carbocycles. The van der Waals surface area contributed by atoms with Gasteiger partial charge >= 0.3 is 17.2 Å². The summed E-state index contributed by atoms with van der Waals surface area (Å²) >= 11 is 1.04. The highest BCUT2D eigenvalue weighted by atomic mass is 32.2. The molecular weight excluding hydrogens is 284 g/mol. The lowest BCUT2D eigenvalue weighted by Gasteiger charge is -2.30. The van der Waals surface area contributed by atoms with Crippen molar-refractivity contribution in [3.63, 3.8) is 0 Å². The summed E-state index contributed by atoms with van der Waals surface area (Å²) in [4.78, 5) is 41.4. The smallest absolute Gasteiger partial charge is 0.358 e. The molecule has 0 aliphatic carbocycles. The zero-order chi connectivity index (χ0) is 15.0. The number of likely N-dealkylation sites (N-methyl/N-ethyl adjacent to an activating group) is 3. The van der Waals surface area contributed by atoms with Crippen LogP contribution in [-0.2, 0) is 9.59 Å². The van der Waals surface area contributed by atoms with E-state index in [0.717, 1.165) is 16.7 Å². The van der Waals surface area contributed by atoms with Crippen molar-refractivity contribution in [3.8, 4) is 0 Å². The van der Waals surface area contributed by atoms with Crippen LogP contribution in [0, 0.1) is 0 Å². The maximum atomic E-state index is 12.2. The summed E-state index contributed by atoms with van der Waals surface area (Å²) in [5.74, 6) is -1.09. The summed E-state index contributed by atoms with van der Waals surface area (Å²) in [6.07, 6.45) is 0. The first-order valence-corrected chi connectivity index (χ1v) is 6.99. The highest BCUT2D eigenvalue weighted by Crippen LogP contribution is 2.22. The fraction of sp³-hybridized carbons (Fsp3) is 0.545. The number of thioether (sulfide) groups is 1. The molecule has 0 spiro atoms. The number of amidine groups is 2. The first-order chi connectivity index (χ1) is 9.38. The summed E-state index contributed by atoms with van der Waals surface area (Å²) in [6.45, 7) is 2.35. The van der Waals surface area contributed by atoms with E-state index in [0.29, 0.717) is 17.5 Å². The predicted molar refractivity (Wildman–Crippen MR) is 73.1 cm³/mol. The molecule has 9 heteroatoms. The first-order valence-electron chi connectivity index (χ1n) is 6.00. The van der Waals surface area contributed by atoms with Gasteiger partial charge in [0.05, 0.1) is 6.54 Å². The third-order valence-electron chi connectivity index (χ3n) is 3.16. The van der Waals surface area contributed by atoms with Crippen LogP contribution in [0.3, 0.4) is 0 Å². The monoisotopic (exact) mass is 299 g/mol. The average Bonchev–Trinajstić information content (AvgIpc) is 2.79. The third kappa shape index (κ3) is 2.17. The standard InChI is InChI=1S/C11H14N4O4S/c1-4-15-7-8(12-10(15)20-5-6(16)17)13(2)11(19)14(3)9(7)18/h7H,4-5H2,1-3H3/p+1. The van der Waals surface area contributed by atoms with Crippen molar-refractivity contribution in [3.05, 3.63) is 0 Å². The number of nitrogens with zero attached hydrogens (tertiary/aromatic N) is 4. The van der Waals surface area contributed by atoms with Gasteiger partial charge in [-0.15, -0.1) is 0 Å². The number of carbonyl (C=O) groups excluding carboxylic acids is 2. The van der Waals surface area contributed by atoms with Crippen molar-refractivity contribution in [1.29, 1.82) is 0 Å². The molecule has 108 valence electrons. The Morgan fingerprint density at radius 1 is 1.40 bits per heavy atom. The van der Waals surface area contributed by atoms with E-state index in [2.05, 4.69) is 4.99 Å². The van der Waals surface area contributed by atoms with Crippen LogP contribution in [0.1, 0.15) is 6.92 Å². The molecule has 2 aliphatic heterocycles. The number of carboxylic acid groups (broad SMARTS) is 1. The molecule has 0 bridgehead atoms. The Morgan fingerprint density at radius 2 is 2.05 bits per heavy atom. The van der Waals surface area contributed by atoms with Crippen LogP contribution in [0.2, 0.25) is 0 Å². The number of rotatable bonds is 3. The van der Waals surface area contributed by atoms with Crippen molar-refractivity contribution < 1.29 is 24.1 Å². The molecule has 3 amide bonds. The van der Waals surface area contributed by atoms with Crippen molar-refractivity contribution in [2.24, 2.45) is 4.99 Å². The van der Waals surface area contributed by atoms with Gasteiger partial charge in [-0.25, -0.2) is 9.37 Å². The van der Waals surface area contributed by atoms with Crippen LogP contribution in [-0.4, -0.2) is 80.8 Å². The van der Waals surface area contributed by atoms with E-state index in [4.69, 9.17) is 5.11 Å². The summed E-state index contributed by atoms with van der Waals surface area (Å²) < 4.78 is 1.71. The summed E-state index contributed by atoms with van der Waals surface area (Å²) in [7, 11) is 2.98. The molecule has 0 aromatic rings. The lowest BCUT2D eigenvalue weighted by Crippen LogP contribution is -2.61. The van der Waals surface area contributed by atoms with Crippen molar-refractivity contribution in [2.45, 2.75) is 13.0 Å². The zero-order valence-electron chi connectivity index (χ0n) is 11.4. The molecule has 0 radical (unpaired) electrons. The molecule has 2 aliphatic rings. The largest absolute Gasteiger partial charge is 0.481 e. The second-order valence-corrected chi connectivity index (χ2v) is 5.30. The van der Waals surface area contributed by atoms with E-state index < -0.39 is 18.0 Å². The number of fused-ring (bicyclic) bond motifs is 1. The van der Waals surface area contributed by atoms with E-state index >= 15 is 0 Å². The Bertz CT molecular complexity index is 557. The number of aliphatic carboxylic acids is 1. The highest BCUT2D eigenvalue weighted by molar-refractivity contribution is 8.14. The number of carboxylic acids is 1. The molecule has 1 saturated heterocycles. The number of imide groups is 1. The molecule has 20 heavy (non-hydrogen) atoms. The minimum absolute atomic E-state index is 0.142. The summed E-state index contributed by atoms with van der Waals surface area (Å²) in [5, 5.41) is 9.20. The molecule has 1 N–H and O–H groups in total. The first kappa shape index (κ1) is 14.5. The number of urea groups is 1. The van der Waals surface area contributed by atoms with Gasteiger partial charge < -0.3 is 5.11 Å². The highest BCUT2D eigenvalue weighted by Gasteiger charge is 2.52. The predicted octanol–water partition coefficient (Wildman–Crippen LogP) is -0.503. The summed E-state index contributed by atoms with van der Waals surface area (Å²) in [6, 6.07) is -1.09. The van der Waals surface area contributed by atoms with Crippen LogP contribution in [0.4, 0.5) is 4.79 Å². The fourth-order valence-electron chi connectivity index (χ4n) is 2.14. The van der Waals surface area contributed by atoms with Gasteiger partial charge in [0.25, 0.3) is 17.8 Å². The third-order valence-corrected chi connectivity index (χ3v) is 4.13. The minimum Gasteiger partial charge on any atom is -0.481 e. The normalized spacial score (nSPS) is 22.4. The Kier molecular flexibility index (Phi) is 3.80. The fourth-order valence-corrected chi connectivity index (χ4v) is 2.95. The van der Waals surface area contributed by atoms with E-state index in [9.17, 15) is 14.4 Å². The Morgan fingerprint density at radius 3 is 2.60 bits per heavy atom. The van der Waals surface area contributed by atoms with Gasteiger partial charge in [-0.05, 0) is 23.7 Å². The van der Waals surface area contributed by atoms with Crippen molar-refractivity contribution >= 4 is 40.7 Å². The molecule has 0 aromatic heterocycles. The lowest BCUT2D eigenvalue weighted by atomic mass is 10.1. The molecule has 8 nitrogen and oxygen atoms in total. The molecular formula is C11H15N4O4S+. The van der Waals surface area contributed by atoms with Gasteiger partial charge in [0, 0.05) is 14.1 Å². The molecule has 0 aromatic carbocycles. The number of carbonyl (C=O) groups is 3. The maximum absolute atomic E-state index is 12.2. The molecule has 1 unspecified atom stereocenters. The number of hydrogen-bond acceptors (Lipinski definition) is 5. The van der Waals surface area contributed by atoms with E-state index in [1.807, 2.05) is 6.92 Å². The van der Waals surface area contributed by atoms with Crippen molar-refractivity contribution in [2.75, 3.05) is 26.4 Å². The molecule has 1 fully saturated rings. The number of amides is 3. The van der Waals surface area contributed by atoms with Crippen LogP contribution < -0.4 is 0 Å². The van der Waals surface area contributed by atoms with Gasteiger partial charge in [-0.2, -0.15) is 0 Å². The van der Waals surface area contributed by atoms with Gasteiger partial charge in [-0.3, -0.25) is 19.4 Å². The van der Waals surface area contributed by atoms with E-state index in [1.54, 1.807) is 11.6 Å². The van der Waals surface area contributed by atoms with E-state index in [1.165, 1.54) is 11.9 Å². The van der Waals surface area contributed by atoms with Gasteiger partial charge in [0.1, 0.15) is 5.75 Å². The number of hydrogen-bond donors (Lipinski definition) is 1. The Balaban J connectivity index is 2.37. The molecule has 2 heterocycles. The van der Waals surface area contributed by atoms with Crippen molar-refractivity contribution in [1.82, 2.24) is 9.80 Å². The number of aliphatic imine (C=N–C) groups is 1. The maximum Gasteiger partial charge on any atom is 0.358 e. The quantitative estimate of drug-likeness (QED) is 0.709. The van der Waals surface area contributed by atoms with Crippen LogP contribution >= 0.6 is 11.8 Å². The van der Waals surface area contributed by atoms with Crippen LogP contribution in [0.5, 0.6) is 0 Å². The second kappa shape index (κ2) is 5.23. The van der Waals surface area contributed by atoms with Crippen LogP contribution in [0.25, 0.3) is 0 Å². The van der Waals surface area contributed by atoms with Gasteiger partial charge in [0.2, 0.25) is 0 Å². The van der Waals surface area contributed by atoms with Crippen LogP contribution in [0.15, 0.2) is 4.99 Å². The minimum atomic E-state index is -0.957. The van der Waals surface area contributed by atoms with E-state index in [-0.39, 0.29) is 11.7 Å². The summed E-state index contributed by atoms with van der Waals surface area (Å²) in [5.41, 5.74) is 0. The van der Waals surface area contributed by atoms with Gasteiger partial charge in [0.15, 0.2) is 0 Å². The topological polar surface area (TPSA) is 93.3 Å². The molecule has 2 rings (SSSR count). The average molecular weight is 299 g/mol. The SMILES string of the molecule is CC[N+]1=C(SCC(=O)O)N=C2C1C(=O)N(C)C(=O)N2C. The molecule has 1 atom stereocenters. The second-order valence-electron chi connectivity index (χ2n) is 4.36. The Hall–Kier alpha value is -1.90.